The third-order valence-corrected chi connectivity index (χ3v) is 2.77. The largest absolute Gasteiger partial charge is 0.329 e. The first-order valence-corrected chi connectivity index (χ1v) is 4.81. The zero-order valence-corrected chi connectivity index (χ0v) is 7.79. The summed E-state index contributed by atoms with van der Waals surface area (Å²) < 4.78 is 13.4. The van der Waals surface area contributed by atoms with Gasteiger partial charge in [-0.25, -0.2) is 4.39 Å². The quantitative estimate of drug-likeness (QED) is 0.734. The minimum atomic E-state index is -0.161. The third kappa shape index (κ3) is 1.62. The average Bonchev–Trinajstić information content (AvgIpc) is 2.08. The van der Waals surface area contributed by atoms with Gasteiger partial charge in [0, 0.05) is 5.69 Å². The van der Waals surface area contributed by atoms with Crippen molar-refractivity contribution in [2.24, 2.45) is 0 Å². The van der Waals surface area contributed by atoms with E-state index in [1.807, 2.05) is 0 Å². The first-order valence-electron chi connectivity index (χ1n) is 4.81. The number of carbonyl (C=O) groups is 1. The minimum absolute atomic E-state index is 0.161. The number of nitrogens with one attached hydrogen (secondary N) is 1. The van der Waals surface area contributed by atoms with Crippen LogP contribution in [0.3, 0.4) is 0 Å². The lowest BCUT2D eigenvalue weighted by molar-refractivity contribution is -0.105. The molecule has 14 heavy (non-hydrogen) atoms. The van der Waals surface area contributed by atoms with Crippen molar-refractivity contribution in [3.63, 3.8) is 0 Å². The molecule has 0 aliphatic heterocycles. The fourth-order valence-corrected chi connectivity index (χ4v) is 1.73. The smallest absolute Gasteiger partial charge is 0.211 e. The van der Waals surface area contributed by atoms with Crippen LogP contribution in [-0.4, -0.2) is 6.41 Å². The molecule has 0 heterocycles. The molecule has 2 rings (SSSR count). The molecule has 0 radical (unpaired) electrons. The highest BCUT2D eigenvalue weighted by atomic mass is 19.1. The molecule has 1 saturated carbocycles. The van der Waals surface area contributed by atoms with Crippen molar-refractivity contribution in [1.82, 2.24) is 0 Å². The number of benzene rings is 1. The Morgan fingerprint density at radius 3 is 2.79 bits per heavy atom. The number of halogens is 1. The second kappa shape index (κ2) is 3.78. The zero-order valence-electron chi connectivity index (χ0n) is 7.79. The summed E-state index contributed by atoms with van der Waals surface area (Å²) in [6.07, 6.45) is 3.90. The van der Waals surface area contributed by atoms with Crippen molar-refractivity contribution in [2.75, 3.05) is 5.32 Å². The van der Waals surface area contributed by atoms with Crippen LogP contribution in [0.2, 0.25) is 0 Å². The number of amides is 1. The molecule has 0 unspecified atom stereocenters. The Morgan fingerprint density at radius 2 is 2.21 bits per heavy atom. The fraction of sp³-hybridized carbons (Fsp3) is 0.364. The molecule has 74 valence electrons. The number of hydrogen-bond donors (Lipinski definition) is 1. The van der Waals surface area contributed by atoms with Crippen molar-refractivity contribution in [2.45, 2.75) is 25.2 Å². The van der Waals surface area contributed by atoms with Crippen LogP contribution < -0.4 is 5.32 Å². The highest BCUT2D eigenvalue weighted by Crippen LogP contribution is 2.38. The summed E-state index contributed by atoms with van der Waals surface area (Å²) in [5.74, 6) is 0.189. The Balaban J connectivity index is 2.26. The van der Waals surface area contributed by atoms with Crippen molar-refractivity contribution in [3.8, 4) is 0 Å². The number of rotatable bonds is 3. The number of carbonyl (C=O) groups excluding carboxylic acids is 1. The fourth-order valence-electron chi connectivity index (χ4n) is 1.73. The molecular weight excluding hydrogens is 181 g/mol. The molecule has 1 N–H and O–H groups in total. The average molecular weight is 193 g/mol. The van der Waals surface area contributed by atoms with E-state index in [9.17, 15) is 9.18 Å². The van der Waals surface area contributed by atoms with Crippen LogP contribution in [-0.2, 0) is 4.79 Å². The van der Waals surface area contributed by atoms with Gasteiger partial charge in [-0.2, -0.15) is 0 Å². The monoisotopic (exact) mass is 193 g/mol. The Morgan fingerprint density at radius 1 is 1.43 bits per heavy atom. The van der Waals surface area contributed by atoms with E-state index in [-0.39, 0.29) is 5.82 Å². The van der Waals surface area contributed by atoms with Gasteiger partial charge in [0.25, 0.3) is 0 Å². The maximum absolute atomic E-state index is 13.4. The van der Waals surface area contributed by atoms with Crippen LogP contribution in [0.15, 0.2) is 18.2 Å². The van der Waals surface area contributed by atoms with Crippen LogP contribution in [0.1, 0.15) is 30.7 Å². The van der Waals surface area contributed by atoms with Gasteiger partial charge in [-0.05, 0) is 42.5 Å². The van der Waals surface area contributed by atoms with E-state index in [0.29, 0.717) is 18.0 Å². The maximum atomic E-state index is 13.4. The Hall–Kier alpha value is -1.38. The Bertz CT molecular complexity index is 347. The second-order valence-electron chi connectivity index (χ2n) is 3.63. The molecule has 0 saturated heterocycles. The molecular formula is C11H12FNO. The summed E-state index contributed by atoms with van der Waals surface area (Å²) in [6.45, 7) is 0. The van der Waals surface area contributed by atoms with Crippen LogP contribution in [0.25, 0.3) is 0 Å². The number of anilines is 1. The standard InChI is InChI=1S/C11H12FNO/c12-11-5-4-9(13-7-14)6-10(11)8-2-1-3-8/h4-8H,1-3H2,(H,13,14). The molecule has 0 spiro atoms. The van der Waals surface area contributed by atoms with Crippen LogP contribution in [0, 0.1) is 5.82 Å². The lowest BCUT2D eigenvalue weighted by atomic mass is 9.80. The summed E-state index contributed by atoms with van der Waals surface area (Å²) in [5, 5.41) is 2.53. The minimum Gasteiger partial charge on any atom is -0.329 e. The predicted molar refractivity (Wildman–Crippen MR) is 52.7 cm³/mol. The van der Waals surface area contributed by atoms with Gasteiger partial charge in [-0.3, -0.25) is 4.79 Å². The molecule has 1 aromatic rings. The Labute approximate surface area is 82.1 Å². The first-order chi connectivity index (χ1) is 6.81. The van der Waals surface area contributed by atoms with E-state index in [0.717, 1.165) is 18.4 Å². The summed E-state index contributed by atoms with van der Waals surface area (Å²) in [6, 6.07) is 4.72. The van der Waals surface area contributed by atoms with Gasteiger partial charge < -0.3 is 5.32 Å². The summed E-state index contributed by atoms with van der Waals surface area (Å²) in [5.41, 5.74) is 1.41. The van der Waals surface area contributed by atoms with Gasteiger partial charge in [0.1, 0.15) is 5.82 Å². The molecule has 0 aromatic heterocycles. The molecule has 0 atom stereocenters. The first kappa shape index (κ1) is 9.19. The molecule has 3 heteroatoms. The van der Waals surface area contributed by atoms with Gasteiger partial charge in [0.2, 0.25) is 6.41 Å². The summed E-state index contributed by atoms with van der Waals surface area (Å²) in [4.78, 5) is 10.2. The van der Waals surface area contributed by atoms with Gasteiger partial charge in [-0.1, -0.05) is 6.42 Å². The van der Waals surface area contributed by atoms with E-state index >= 15 is 0 Å². The molecule has 1 aliphatic carbocycles. The highest BCUT2D eigenvalue weighted by Gasteiger charge is 2.22. The molecule has 1 amide bonds. The second-order valence-corrected chi connectivity index (χ2v) is 3.63. The highest BCUT2D eigenvalue weighted by molar-refractivity contribution is 5.71. The van der Waals surface area contributed by atoms with Crippen molar-refractivity contribution in [3.05, 3.63) is 29.6 Å². The maximum Gasteiger partial charge on any atom is 0.211 e. The summed E-state index contributed by atoms with van der Waals surface area (Å²) >= 11 is 0. The zero-order chi connectivity index (χ0) is 9.97. The van der Waals surface area contributed by atoms with E-state index in [2.05, 4.69) is 5.32 Å². The summed E-state index contributed by atoms with van der Waals surface area (Å²) in [7, 11) is 0. The number of hydrogen-bond acceptors (Lipinski definition) is 1. The van der Waals surface area contributed by atoms with E-state index in [1.165, 1.54) is 12.5 Å². The van der Waals surface area contributed by atoms with E-state index in [4.69, 9.17) is 0 Å². The van der Waals surface area contributed by atoms with Gasteiger partial charge in [0.15, 0.2) is 0 Å². The van der Waals surface area contributed by atoms with Crippen LogP contribution in [0.5, 0.6) is 0 Å². The molecule has 0 bridgehead atoms. The van der Waals surface area contributed by atoms with Crippen molar-refractivity contribution < 1.29 is 9.18 Å². The molecule has 2 nitrogen and oxygen atoms in total. The van der Waals surface area contributed by atoms with E-state index < -0.39 is 0 Å². The topological polar surface area (TPSA) is 29.1 Å². The normalized spacial score (nSPS) is 16.1. The van der Waals surface area contributed by atoms with E-state index in [1.54, 1.807) is 12.1 Å². The Kier molecular flexibility index (Phi) is 2.48. The molecule has 1 aromatic carbocycles. The predicted octanol–water partition coefficient (Wildman–Crippen LogP) is 2.66. The van der Waals surface area contributed by atoms with Crippen LogP contribution in [0.4, 0.5) is 10.1 Å². The van der Waals surface area contributed by atoms with Crippen molar-refractivity contribution in [1.29, 1.82) is 0 Å². The van der Waals surface area contributed by atoms with Gasteiger partial charge >= 0.3 is 0 Å². The van der Waals surface area contributed by atoms with Gasteiger partial charge in [0.05, 0.1) is 0 Å². The SMILES string of the molecule is O=CNc1ccc(F)c(C2CCC2)c1. The third-order valence-electron chi connectivity index (χ3n) is 2.77. The molecule has 1 aliphatic rings. The van der Waals surface area contributed by atoms with Crippen LogP contribution >= 0.6 is 0 Å². The lowest BCUT2D eigenvalue weighted by Gasteiger charge is -2.26. The van der Waals surface area contributed by atoms with Gasteiger partial charge in [-0.15, -0.1) is 0 Å². The lowest BCUT2D eigenvalue weighted by Crippen LogP contribution is -2.11. The molecule has 1 fully saturated rings. The van der Waals surface area contributed by atoms with Crippen molar-refractivity contribution >= 4 is 12.1 Å².